The molecule has 0 aliphatic rings. The van der Waals surface area contributed by atoms with Crippen LogP contribution in [0.25, 0.3) is 0 Å². The van der Waals surface area contributed by atoms with Gasteiger partial charge in [0.05, 0.1) is 4.47 Å². The first-order valence-corrected chi connectivity index (χ1v) is 5.90. The molecule has 62 valence electrons. The van der Waals surface area contributed by atoms with E-state index in [1.54, 1.807) is 6.07 Å². The standard InChI is InChI=1S/C5H4BrClO3S/c6-4-1-5(10-2-4)3-11(7,8)9/h1-2H,3H2. The van der Waals surface area contributed by atoms with Crippen molar-refractivity contribution in [1.82, 2.24) is 0 Å². The van der Waals surface area contributed by atoms with E-state index in [0.717, 1.165) is 0 Å². The first kappa shape index (κ1) is 9.09. The third-order valence-corrected chi connectivity index (χ3v) is 2.31. The fourth-order valence-electron chi connectivity index (χ4n) is 0.599. The third-order valence-electron chi connectivity index (χ3n) is 0.936. The summed E-state index contributed by atoms with van der Waals surface area (Å²) in [7, 11) is 1.47. The lowest BCUT2D eigenvalue weighted by Gasteiger charge is -1.88. The van der Waals surface area contributed by atoms with Crippen LogP contribution >= 0.6 is 26.6 Å². The topological polar surface area (TPSA) is 47.3 Å². The molecule has 0 fully saturated rings. The highest BCUT2D eigenvalue weighted by molar-refractivity contribution is 9.10. The van der Waals surface area contributed by atoms with Gasteiger partial charge in [-0.25, -0.2) is 8.42 Å². The molecule has 0 aliphatic carbocycles. The first-order valence-electron chi connectivity index (χ1n) is 2.62. The van der Waals surface area contributed by atoms with E-state index >= 15 is 0 Å². The van der Waals surface area contributed by atoms with Crippen LogP contribution in [0, 0.1) is 0 Å². The number of rotatable bonds is 2. The lowest BCUT2D eigenvalue weighted by atomic mass is 10.5. The van der Waals surface area contributed by atoms with Gasteiger partial charge in [-0.3, -0.25) is 0 Å². The van der Waals surface area contributed by atoms with E-state index in [0.29, 0.717) is 10.2 Å². The van der Waals surface area contributed by atoms with Gasteiger partial charge in [0.2, 0.25) is 9.05 Å². The maximum Gasteiger partial charge on any atom is 0.239 e. The highest BCUT2D eigenvalue weighted by Crippen LogP contribution is 2.17. The summed E-state index contributed by atoms with van der Waals surface area (Å²) >= 11 is 3.11. The molecule has 1 heterocycles. The molecule has 0 atom stereocenters. The molecule has 3 nitrogen and oxygen atoms in total. The minimum absolute atomic E-state index is 0.278. The molecule has 1 rings (SSSR count). The molecular formula is C5H4BrClO3S. The Hall–Kier alpha value is -0.000000000000000111. The average Bonchev–Trinajstić information content (AvgIpc) is 2.10. The average molecular weight is 260 g/mol. The lowest BCUT2D eigenvalue weighted by molar-refractivity contribution is 0.522. The third kappa shape index (κ3) is 3.27. The Balaban J connectivity index is 2.81. The second-order valence-electron chi connectivity index (χ2n) is 1.91. The Kier molecular flexibility index (Phi) is 2.61. The van der Waals surface area contributed by atoms with Crippen molar-refractivity contribution in [2.24, 2.45) is 0 Å². The molecule has 0 radical (unpaired) electrons. The summed E-state index contributed by atoms with van der Waals surface area (Å²) in [6, 6.07) is 1.56. The first-order chi connectivity index (χ1) is 4.97. The maximum absolute atomic E-state index is 10.5. The van der Waals surface area contributed by atoms with Crippen LogP contribution < -0.4 is 0 Å². The van der Waals surface area contributed by atoms with Gasteiger partial charge in [0.15, 0.2) is 0 Å². The van der Waals surface area contributed by atoms with E-state index < -0.39 is 9.05 Å². The summed E-state index contributed by atoms with van der Waals surface area (Å²) in [5.41, 5.74) is 0. The second kappa shape index (κ2) is 3.16. The number of furan rings is 1. The monoisotopic (exact) mass is 258 g/mol. The van der Waals surface area contributed by atoms with Gasteiger partial charge >= 0.3 is 0 Å². The number of hydrogen-bond acceptors (Lipinski definition) is 3. The zero-order chi connectivity index (χ0) is 8.48. The molecule has 0 N–H and O–H groups in total. The highest BCUT2D eigenvalue weighted by atomic mass is 79.9. The minimum Gasteiger partial charge on any atom is -0.467 e. The van der Waals surface area contributed by atoms with Crippen LogP contribution in [-0.4, -0.2) is 8.42 Å². The molecule has 0 amide bonds. The molecule has 1 aromatic heterocycles. The second-order valence-corrected chi connectivity index (χ2v) is 5.61. The summed E-state index contributed by atoms with van der Waals surface area (Å²) in [6.45, 7) is 0. The summed E-state index contributed by atoms with van der Waals surface area (Å²) in [5, 5.41) is 0. The van der Waals surface area contributed by atoms with E-state index in [4.69, 9.17) is 15.1 Å². The fourth-order valence-corrected chi connectivity index (χ4v) is 1.76. The van der Waals surface area contributed by atoms with Crippen LogP contribution in [0.3, 0.4) is 0 Å². The lowest BCUT2D eigenvalue weighted by Crippen LogP contribution is -1.92. The zero-order valence-corrected chi connectivity index (χ0v) is 8.41. The van der Waals surface area contributed by atoms with E-state index in [-0.39, 0.29) is 5.75 Å². The van der Waals surface area contributed by atoms with Crippen LogP contribution in [0.15, 0.2) is 21.2 Å². The molecule has 0 bridgehead atoms. The van der Waals surface area contributed by atoms with Crippen molar-refractivity contribution < 1.29 is 12.8 Å². The largest absolute Gasteiger partial charge is 0.467 e. The van der Waals surface area contributed by atoms with Gasteiger partial charge in [-0.2, -0.15) is 0 Å². The van der Waals surface area contributed by atoms with Gasteiger partial charge in [-0.15, -0.1) is 0 Å². The molecule has 0 unspecified atom stereocenters. The molecule has 6 heteroatoms. The van der Waals surface area contributed by atoms with Gasteiger partial charge in [-0.05, 0) is 22.0 Å². The van der Waals surface area contributed by atoms with Crippen molar-refractivity contribution >= 4 is 35.7 Å². The molecular weight excluding hydrogens is 255 g/mol. The van der Waals surface area contributed by atoms with Gasteiger partial charge in [-0.1, -0.05) is 0 Å². The normalized spacial score (nSPS) is 11.8. The van der Waals surface area contributed by atoms with Crippen molar-refractivity contribution in [3.05, 3.63) is 22.6 Å². The fraction of sp³-hybridized carbons (Fsp3) is 0.200. The minimum atomic E-state index is -3.51. The molecule has 0 saturated carbocycles. The van der Waals surface area contributed by atoms with Crippen LogP contribution in [0.5, 0.6) is 0 Å². The van der Waals surface area contributed by atoms with E-state index in [1.807, 2.05) is 0 Å². The van der Waals surface area contributed by atoms with Crippen molar-refractivity contribution in [1.29, 1.82) is 0 Å². The van der Waals surface area contributed by atoms with E-state index in [9.17, 15) is 8.42 Å². The smallest absolute Gasteiger partial charge is 0.239 e. The Morgan fingerprint density at radius 3 is 2.64 bits per heavy atom. The van der Waals surface area contributed by atoms with Crippen LogP contribution in [-0.2, 0) is 14.8 Å². The molecule has 11 heavy (non-hydrogen) atoms. The summed E-state index contributed by atoms with van der Waals surface area (Å²) in [6.07, 6.45) is 1.40. The maximum atomic E-state index is 10.5. The highest BCUT2D eigenvalue weighted by Gasteiger charge is 2.09. The SMILES string of the molecule is O=S(=O)(Cl)Cc1cc(Br)co1. The van der Waals surface area contributed by atoms with Gasteiger partial charge in [0.1, 0.15) is 17.8 Å². The predicted molar refractivity (Wildman–Crippen MR) is 44.9 cm³/mol. The Morgan fingerprint density at radius 1 is 1.64 bits per heavy atom. The van der Waals surface area contributed by atoms with E-state index in [1.165, 1.54) is 6.26 Å². The van der Waals surface area contributed by atoms with Gasteiger partial charge in [0.25, 0.3) is 0 Å². The van der Waals surface area contributed by atoms with Crippen molar-refractivity contribution in [2.45, 2.75) is 5.75 Å². The Morgan fingerprint density at radius 2 is 2.27 bits per heavy atom. The van der Waals surface area contributed by atoms with Crippen LogP contribution in [0.2, 0.25) is 0 Å². The number of halogens is 2. The molecule has 0 spiro atoms. The Bertz CT molecular complexity index is 342. The van der Waals surface area contributed by atoms with Crippen molar-refractivity contribution in [2.75, 3.05) is 0 Å². The van der Waals surface area contributed by atoms with Gasteiger partial charge < -0.3 is 4.42 Å². The van der Waals surface area contributed by atoms with Crippen LogP contribution in [0.4, 0.5) is 0 Å². The van der Waals surface area contributed by atoms with Crippen molar-refractivity contribution in [3.63, 3.8) is 0 Å². The predicted octanol–water partition coefficient (Wildman–Crippen LogP) is 2.11. The zero-order valence-electron chi connectivity index (χ0n) is 5.25. The Labute approximate surface area is 76.9 Å². The summed E-state index contributed by atoms with van der Waals surface area (Å²) < 4.78 is 26.5. The summed E-state index contributed by atoms with van der Waals surface area (Å²) in [5.74, 6) is 0.0482. The molecule has 0 saturated heterocycles. The van der Waals surface area contributed by atoms with E-state index in [2.05, 4.69) is 15.9 Å². The van der Waals surface area contributed by atoms with Gasteiger partial charge in [0, 0.05) is 10.7 Å². The summed E-state index contributed by atoms with van der Waals surface area (Å²) in [4.78, 5) is 0. The molecule has 1 aromatic rings. The number of hydrogen-bond donors (Lipinski definition) is 0. The van der Waals surface area contributed by atoms with Crippen molar-refractivity contribution in [3.8, 4) is 0 Å². The molecule has 0 aliphatic heterocycles. The van der Waals surface area contributed by atoms with Crippen LogP contribution in [0.1, 0.15) is 5.76 Å². The quantitative estimate of drug-likeness (QED) is 0.764. The molecule has 0 aromatic carbocycles.